The fourth-order valence-electron chi connectivity index (χ4n) is 2.09. The molecule has 0 saturated carbocycles. The first-order chi connectivity index (χ1) is 9.74. The molecule has 0 radical (unpaired) electrons. The first-order valence-electron chi connectivity index (χ1n) is 6.96. The largest absolute Gasteiger partial charge is 0.325 e. The molecule has 0 atom stereocenters. The molecule has 3 heteroatoms. The number of hydrogen-bond donors (Lipinski definition) is 1. The van der Waals surface area contributed by atoms with E-state index in [0.29, 0.717) is 13.1 Å². The Morgan fingerprint density at radius 1 is 0.900 bits per heavy atom. The maximum Gasteiger partial charge on any atom is 0.321 e. The van der Waals surface area contributed by atoms with Gasteiger partial charge in [-0.15, -0.1) is 0 Å². The molecular weight excluding hydrogens is 248 g/mol. The van der Waals surface area contributed by atoms with Crippen molar-refractivity contribution in [2.75, 3.05) is 18.4 Å². The highest BCUT2D eigenvalue weighted by Crippen LogP contribution is 2.21. The maximum atomic E-state index is 11.9. The van der Waals surface area contributed by atoms with Gasteiger partial charge in [0.2, 0.25) is 0 Å². The average Bonchev–Trinajstić information content (AvgIpc) is 2.50. The molecule has 0 bridgehead atoms. The predicted octanol–water partition coefficient (Wildman–Crippen LogP) is 4.23. The second-order valence-corrected chi connectivity index (χ2v) is 4.55. The van der Waals surface area contributed by atoms with E-state index in [1.54, 1.807) is 4.90 Å². The van der Waals surface area contributed by atoms with Gasteiger partial charge < -0.3 is 10.2 Å². The zero-order valence-electron chi connectivity index (χ0n) is 12.0. The van der Waals surface area contributed by atoms with Crippen LogP contribution in [0.25, 0.3) is 11.1 Å². The summed E-state index contributed by atoms with van der Waals surface area (Å²) in [5.74, 6) is 0. The van der Waals surface area contributed by atoms with Gasteiger partial charge in [-0.25, -0.2) is 4.79 Å². The number of rotatable bonds is 4. The van der Waals surface area contributed by atoms with E-state index in [9.17, 15) is 4.79 Å². The molecule has 0 aliphatic carbocycles. The number of carbonyl (C=O) groups is 1. The normalized spacial score (nSPS) is 10.1. The molecule has 104 valence electrons. The van der Waals surface area contributed by atoms with Crippen molar-refractivity contribution in [3.63, 3.8) is 0 Å². The fourth-order valence-corrected chi connectivity index (χ4v) is 2.09. The quantitative estimate of drug-likeness (QED) is 0.884. The van der Waals surface area contributed by atoms with Crippen LogP contribution in [-0.2, 0) is 0 Å². The van der Waals surface area contributed by atoms with Crippen molar-refractivity contribution in [1.29, 1.82) is 0 Å². The van der Waals surface area contributed by atoms with Crippen molar-refractivity contribution in [1.82, 2.24) is 4.90 Å². The molecule has 3 nitrogen and oxygen atoms in total. The molecule has 0 fully saturated rings. The Balaban J connectivity index is 2.07. The number of urea groups is 1. The summed E-state index contributed by atoms with van der Waals surface area (Å²) in [5, 5.41) is 2.91. The molecule has 1 N–H and O–H groups in total. The molecular formula is C17H20N2O. The first-order valence-corrected chi connectivity index (χ1v) is 6.96. The SMILES string of the molecule is CCN(CC)C(=O)Nc1ccc(-c2ccccc2)cc1. The van der Waals surface area contributed by atoms with Gasteiger partial charge in [0, 0.05) is 18.8 Å². The Kier molecular flexibility index (Phi) is 4.77. The first kappa shape index (κ1) is 14.1. The lowest BCUT2D eigenvalue weighted by Gasteiger charge is -2.19. The lowest BCUT2D eigenvalue weighted by molar-refractivity contribution is 0.217. The predicted molar refractivity (Wildman–Crippen MR) is 83.8 cm³/mol. The van der Waals surface area contributed by atoms with E-state index >= 15 is 0 Å². The van der Waals surface area contributed by atoms with Gasteiger partial charge in [-0.1, -0.05) is 42.5 Å². The number of benzene rings is 2. The van der Waals surface area contributed by atoms with Crippen LogP contribution in [0, 0.1) is 0 Å². The van der Waals surface area contributed by atoms with E-state index < -0.39 is 0 Å². The van der Waals surface area contributed by atoms with Crippen LogP contribution in [0.15, 0.2) is 54.6 Å². The maximum absolute atomic E-state index is 11.9. The number of amides is 2. The molecule has 2 amide bonds. The summed E-state index contributed by atoms with van der Waals surface area (Å²) >= 11 is 0. The number of nitrogens with zero attached hydrogens (tertiary/aromatic N) is 1. The van der Waals surface area contributed by atoms with Crippen molar-refractivity contribution in [2.45, 2.75) is 13.8 Å². The summed E-state index contributed by atoms with van der Waals surface area (Å²) in [6.45, 7) is 5.37. The minimum Gasteiger partial charge on any atom is -0.325 e. The molecule has 0 saturated heterocycles. The molecule has 0 spiro atoms. The molecule has 2 rings (SSSR count). The molecule has 20 heavy (non-hydrogen) atoms. The van der Waals surface area contributed by atoms with Gasteiger partial charge in [-0.3, -0.25) is 0 Å². The zero-order valence-corrected chi connectivity index (χ0v) is 12.0. The van der Waals surface area contributed by atoms with E-state index in [1.807, 2.05) is 56.3 Å². The number of carbonyl (C=O) groups excluding carboxylic acids is 1. The Labute approximate surface area is 120 Å². The van der Waals surface area contributed by atoms with E-state index in [-0.39, 0.29) is 6.03 Å². The smallest absolute Gasteiger partial charge is 0.321 e. The van der Waals surface area contributed by atoms with Gasteiger partial charge in [0.1, 0.15) is 0 Å². The Morgan fingerprint density at radius 3 is 2.00 bits per heavy atom. The Bertz CT molecular complexity index is 545. The van der Waals surface area contributed by atoms with Gasteiger partial charge in [0.25, 0.3) is 0 Å². The molecule has 0 aromatic heterocycles. The van der Waals surface area contributed by atoms with Gasteiger partial charge >= 0.3 is 6.03 Å². The van der Waals surface area contributed by atoms with Gasteiger partial charge in [0.05, 0.1) is 0 Å². The Hall–Kier alpha value is -2.29. The second-order valence-electron chi connectivity index (χ2n) is 4.55. The Morgan fingerprint density at radius 2 is 1.45 bits per heavy atom. The summed E-state index contributed by atoms with van der Waals surface area (Å²) in [6.07, 6.45) is 0. The summed E-state index contributed by atoms with van der Waals surface area (Å²) in [6, 6.07) is 18.0. The van der Waals surface area contributed by atoms with Crippen LogP contribution in [0.3, 0.4) is 0 Å². The van der Waals surface area contributed by atoms with Crippen LogP contribution in [0.4, 0.5) is 10.5 Å². The van der Waals surface area contributed by atoms with Crippen LogP contribution in [0.1, 0.15) is 13.8 Å². The third kappa shape index (κ3) is 3.38. The van der Waals surface area contributed by atoms with E-state index in [1.165, 1.54) is 5.56 Å². The summed E-state index contributed by atoms with van der Waals surface area (Å²) in [4.78, 5) is 13.7. The lowest BCUT2D eigenvalue weighted by atomic mass is 10.1. The van der Waals surface area contributed by atoms with E-state index in [2.05, 4.69) is 17.4 Å². The molecule has 0 aliphatic rings. The van der Waals surface area contributed by atoms with Crippen LogP contribution in [0.2, 0.25) is 0 Å². The highest BCUT2D eigenvalue weighted by atomic mass is 16.2. The molecule has 0 unspecified atom stereocenters. The van der Waals surface area contributed by atoms with E-state index in [0.717, 1.165) is 11.3 Å². The van der Waals surface area contributed by atoms with Crippen molar-refractivity contribution in [3.8, 4) is 11.1 Å². The van der Waals surface area contributed by atoms with Crippen molar-refractivity contribution < 1.29 is 4.79 Å². The number of nitrogens with one attached hydrogen (secondary N) is 1. The molecule has 2 aromatic rings. The summed E-state index contributed by atoms with van der Waals surface area (Å²) in [5.41, 5.74) is 3.14. The van der Waals surface area contributed by atoms with Crippen LogP contribution >= 0.6 is 0 Å². The molecule has 2 aromatic carbocycles. The molecule has 0 heterocycles. The van der Waals surface area contributed by atoms with E-state index in [4.69, 9.17) is 0 Å². The third-order valence-corrected chi connectivity index (χ3v) is 3.29. The highest BCUT2D eigenvalue weighted by molar-refractivity contribution is 5.89. The topological polar surface area (TPSA) is 32.3 Å². The minimum atomic E-state index is -0.0533. The van der Waals surface area contributed by atoms with Crippen LogP contribution in [-0.4, -0.2) is 24.0 Å². The monoisotopic (exact) mass is 268 g/mol. The molecule has 0 aliphatic heterocycles. The number of anilines is 1. The van der Waals surface area contributed by atoms with Crippen molar-refractivity contribution in [2.24, 2.45) is 0 Å². The third-order valence-electron chi connectivity index (χ3n) is 3.29. The van der Waals surface area contributed by atoms with Gasteiger partial charge in [-0.05, 0) is 37.1 Å². The van der Waals surface area contributed by atoms with Gasteiger partial charge in [0.15, 0.2) is 0 Å². The summed E-state index contributed by atoms with van der Waals surface area (Å²) < 4.78 is 0. The number of hydrogen-bond acceptors (Lipinski definition) is 1. The fraction of sp³-hybridized carbons (Fsp3) is 0.235. The van der Waals surface area contributed by atoms with Crippen LogP contribution in [0.5, 0.6) is 0 Å². The zero-order chi connectivity index (χ0) is 14.4. The van der Waals surface area contributed by atoms with Crippen molar-refractivity contribution >= 4 is 11.7 Å². The van der Waals surface area contributed by atoms with Gasteiger partial charge in [-0.2, -0.15) is 0 Å². The van der Waals surface area contributed by atoms with Crippen LogP contribution < -0.4 is 5.32 Å². The second kappa shape index (κ2) is 6.75. The van der Waals surface area contributed by atoms with Crippen molar-refractivity contribution in [3.05, 3.63) is 54.6 Å². The lowest BCUT2D eigenvalue weighted by Crippen LogP contribution is -2.34. The highest BCUT2D eigenvalue weighted by Gasteiger charge is 2.08. The summed E-state index contributed by atoms with van der Waals surface area (Å²) in [7, 11) is 0. The average molecular weight is 268 g/mol. The minimum absolute atomic E-state index is 0.0533. The standard InChI is InChI=1S/C17H20N2O/c1-3-19(4-2)17(20)18-16-12-10-15(11-13-16)14-8-6-5-7-9-14/h5-13H,3-4H2,1-2H3,(H,18,20).